The van der Waals surface area contributed by atoms with Gasteiger partial charge in [-0.05, 0) is 57.2 Å². The van der Waals surface area contributed by atoms with Gasteiger partial charge in [0.25, 0.3) is 0 Å². The third kappa shape index (κ3) is 4.45. The van der Waals surface area contributed by atoms with Gasteiger partial charge in [0.05, 0.1) is 6.04 Å². The van der Waals surface area contributed by atoms with Gasteiger partial charge in [0, 0.05) is 15.3 Å². The van der Waals surface area contributed by atoms with Crippen LogP contribution in [0.2, 0.25) is 0 Å². The Labute approximate surface area is 144 Å². The first-order chi connectivity index (χ1) is 12.3. The number of para-hydroxylation sites is 1. The smallest absolute Gasteiger partial charge is 0.241 e. The van der Waals surface area contributed by atoms with Crippen molar-refractivity contribution in [1.29, 1.82) is 0 Å². The van der Waals surface area contributed by atoms with Crippen LogP contribution in [0.1, 0.15) is 53.2 Å². The van der Waals surface area contributed by atoms with Crippen LogP contribution in [0, 0.1) is 13.8 Å². The second-order valence-electron chi connectivity index (χ2n) is 5.20. The van der Waals surface area contributed by atoms with Crippen LogP contribution < -0.4 is 5.32 Å². The highest BCUT2D eigenvalue weighted by atomic mass is 35.5. The summed E-state index contributed by atoms with van der Waals surface area (Å²) in [6, 6.07) is 4.64. The maximum atomic E-state index is 12.9. The van der Waals surface area contributed by atoms with Gasteiger partial charge < -0.3 is 5.32 Å². The molecule has 0 aromatic heterocycles. The van der Waals surface area contributed by atoms with Gasteiger partial charge in [-0.3, -0.25) is 9.69 Å². The molecule has 4 heteroatoms. The number of halogens is 1. The second kappa shape index (κ2) is 8.40. The van der Waals surface area contributed by atoms with E-state index in [2.05, 4.69) is 5.32 Å². The lowest BCUT2D eigenvalue weighted by Gasteiger charge is -2.34. The highest BCUT2D eigenvalue weighted by Gasteiger charge is 2.28. The fourth-order valence-corrected chi connectivity index (χ4v) is 2.63. The Hall–Kier alpha value is -1.06. The van der Waals surface area contributed by atoms with Gasteiger partial charge in [-0.1, -0.05) is 31.5 Å². The van der Waals surface area contributed by atoms with Crippen molar-refractivity contribution in [2.45, 2.75) is 52.4 Å². The lowest BCUT2D eigenvalue weighted by atomic mass is 10.0. The number of nitrogens with zero attached hydrogens (tertiary/aromatic N) is 1. The van der Waals surface area contributed by atoms with Crippen LogP contribution >= 0.6 is 12.4 Å². The van der Waals surface area contributed by atoms with Crippen molar-refractivity contribution >= 4 is 24.0 Å². The second-order valence-corrected chi connectivity index (χ2v) is 5.20. The summed E-state index contributed by atoms with van der Waals surface area (Å²) in [5.74, 6) is -0.447. The fraction of sp³-hybridized carbons (Fsp3) is 0.588. The molecule has 1 fully saturated rings. The van der Waals surface area contributed by atoms with E-state index < -0.39 is 31.7 Å². The summed E-state index contributed by atoms with van der Waals surface area (Å²) in [6.07, 6.45) is -1.51. The Balaban J connectivity index is 0.00000392. The molecule has 1 aliphatic rings. The summed E-state index contributed by atoms with van der Waals surface area (Å²) in [7, 11) is 0. The molecule has 1 aliphatic heterocycles. The van der Waals surface area contributed by atoms with E-state index in [0.29, 0.717) is 24.9 Å². The highest BCUT2D eigenvalue weighted by Crippen LogP contribution is 2.23. The minimum Gasteiger partial charge on any atom is -0.324 e. The Morgan fingerprint density at radius 3 is 2.81 bits per heavy atom. The predicted octanol–water partition coefficient (Wildman–Crippen LogP) is 3.93. The number of amides is 1. The third-order valence-electron chi connectivity index (χ3n) is 3.73. The van der Waals surface area contributed by atoms with E-state index in [1.54, 1.807) is 0 Å². The number of anilines is 1. The average Bonchev–Trinajstić information content (AvgIpc) is 2.57. The quantitative estimate of drug-likeness (QED) is 0.912. The summed E-state index contributed by atoms with van der Waals surface area (Å²) in [4.78, 5) is 14.0. The standard InChI is InChI=1S/C17H26N2O.ClH/c1-4-11-19-12-6-5-10-15(19)17(20)18-16-13(2)8-7-9-14(16)3;/h7-9,15H,4-6,10-12H2,1-3H3,(H,18,20);1H/t15-;/m0./s1/i1D3,4D2,11D2;. The van der Waals surface area contributed by atoms with Crippen molar-refractivity contribution in [2.75, 3.05) is 18.4 Å². The van der Waals surface area contributed by atoms with Crippen LogP contribution in [0.15, 0.2) is 18.2 Å². The van der Waals surface area contributed by atoms with E-state index in [9.17, 15) is 4.79 Å². The van der Waals surface area contributed by atoms with E-state index in [1.807, 2.05) is 32.0 Å². The topological polar surface area (TPSA) is 32.3 Å². The third-order valence-corrected chi connectivity index (χ3v) is 3.73. The monoisotopic (exact) mass is 317 g/mol. The summed E-state index contributed by atoms with van der Waals surface area (Å²) < 4.78 is 54.5. The average molecular weight is 318 g/mol. The van der Waals surface area contributed by atoms with E-state index in [0.717, 1.165) is 16.0 Å². The predicted molar refractivity (Wildman–Crippen MR) is 91.3 cm³/mol. The molecule has 1 saturated heterocycles. The molecule has 0 aliphatic carbocycles. The zero-order chi connectivity index (χ0) is 20.6. The number of carbonyl (C=O) groups is 1. The number of piperidine rings is 1. The van der Waals surface area contributed by atoms with Gasteiger partial charge in [-0.25, -0.2) is 0 Å². The van der Waals surface area contributed by atoms with Gasteiger partial charge in [-0.15, -0.1) is 12.4 Å². The number of nitrogens with one attached hydrogen (secondary N) is 1. The Kier molecular flexibility index (Phi) is 3.94. The molecule has 0 radical (unpaired) electrons. The van der Waals surface area contributed by atoms with Crippen molar-refractivity contribution in [3.05, 3.63) is 29.3 Å². The molecule has 0 unspecified atom stereocenters. The molecular weight excluding hydrogens is 284 g/mol. The lowest BCUT2D eigenvalue weighted by Crippen LogP contribution is -2.47. The largest absolute Gasteiger partial charge is 0.324 e. The minimum absolute atomic E-state index is 0. The number of hydrogen-bond donors (Lipinski definition) is 1. The first-order valence-corrected chi connectivity index (χ1v) is 6.94. The van der Waals surface area contributed by atoms with Crippen molar-refractivity contribution in [2.24, 2.45) is 0 Å². The van der Waals surface area contributed by atoms with Crippen molar-refractivity contribution in [1.82, 2.24) is 4.90 Å². The summed E-state index contributed by atoms with van der Waals surface area (Å²) in [6.45, 7) is -2.14. The van der Waals surface area contributed by atoms with Crippen LogP contribution in [-0.2, 0) is 4.79 Å². The molecule has 0 saturated carbocycles. The van der Waals surface area contributed by atoms with Crippen LogP contribution in [0.3, 0.4) is 0 Å². The Morgan fingerprint density at radius 2 is 2.14 bits per heavy atom. The summed E-state index contributed by atoms with van der Waals surface area (Å²) >= 11 is 0. The molecule has 2 rings (SSSR count). The van der Waals surface area contributed by atoms with Crippen LogP contribution in [0.4, 0.5) is 5.69 Å². The van der Waals surface area contributed by atoms with E-state index >= 15 is 0 Å². The van der Waals surface area contributed by atoms with Crippen LogP contribution in [0.25, 0.3) is 0 Å². The van der Waals surface area contributed by atoms with Gasteiger partial charge in [0.2, 0.25) is 5.91 Å². The van der Waals surface area contributed by atoms with Crippen molar-refractivity contribution in [3.63, 3.8) is 0 Å². The normalized spacial score (nSPS) is 25.8. The molecule has 0 bridgehead atoms. The molecule has 1 amide bonds. The number of benzene rings is 1. The van der Waals surface area contributed by atoms with Gasteiger partial charge in [-0.2, -0.15) is 0 Å². The number of carbonyl (C=O) groups excluding carboxylic acids is 1. The molecule has 1 N–H and O–H groups in total. The maximum absolute atomic E-state index is 12.9. The van der Waals surface area contributed by atoms with Crippen molar-refractivity contribution in [3.8, 4) is 0 Å². The summed E-state index contributed by atoms with van der Waals surface area (Å²) in [5, 5.41) is 2.83. The molecule has 0 spiro atoms. The lowest BCUT2D eigenvalue weighted by molar-refractivity contribution is -0.122. The zero-order valence-corrected chi connectivity index (χ0v) is 13.2. The SMILES string of the molecule is Cl.[2H]C([2H])([2H])C([2H])([2H])C([2H])([2H])N1CCCC[C@H]1C(=O)Nc1c(C)cccc1C. The fourth-order valence-electron chi connectivity index (χ4n) is 2.63. The molecule has 1 heterocycles. The molecule has 1 atom stereocenters. The molecular formula is C17H27ClN2O. The number of aryl methyl sites for hydroxylation is 2. The highest BCUT2D eigenvalue weighted by molar-refractivity contribution is 5.96. The number of likely N-dealkylation sites (tertiary alicyclic amines) is 1. The number of rotatable bonds is 4. The molecule has 21 heavy (non-hydrogen) atoms. The molecule has 1 aromatic rings. The summed E-state index contributed by atoms with van der Waals surface area (Å²) in [5.41, 5.74) is 2.38. The Bertz CT molecular complexity index is 689. The molecule has 118 valence electrons. The first-order valence-electron chi connectivity index (χ1n) is 10.4. The van der Waals surface area contributed by atoms with Gasteiger partial charge in [0.15, 0.2) is 0 Å². The maximum Gasteiger partial charge on any atom is 0.241 e. The van der Waals surface area contributed by atoms with E-state index in [-0.39, 0.29) is 19.0 Å². The minimum atomic E-state index is -3.15. The van der Waals surface area contributed by atoms with E-state index in [1.165, 1.54) is 0 Å². The van der Waals surface area contributed by atoms with Crippen LogP contribution in [0.5, 0.6) is 0 Å². The number of hydrogen-bond acceptors (Lipinski definition) is 2. The Morgan fingerprint density at radius 1 is 1.43 bits per heavy atom. The molecule has 3 nitrogen and oxygen atoms in total. The van der Waals surface area contributed by atoms with E-state index in [4.69, 9.17) is 9.60 Å². The van der Waals surface area contributed by atoms with Crippen molar-refractivity contribution < 1.29 is 14.4 Å². The first kappa shape index (κ1) is 9.86. The van der Waals surface area contributed by atoms with Gasteiger partial charge >= 0.3 is 0 Å². The zero-order valence-electron chi connectivity index (χ0n) is 19.4. The molecule has 1 aromatic carbocycles. The van der Waals surface area contributed by atoms with Crippen LogP contribution in [-0.4, -0.2) is 29.9 Å². The van der Waals surface area contributed by atoms with Gasteiger partial charge in [0.1, 0.15) is 0 Å².